The van der Waals surface area contributed by atoms with Gasteiger partial charge in [0.1, 0.15) is 0 Å². The largest absolute Gasteiger partial charge is 0.346 e. The molecule has 160 valence electrons. The van der Waals surface area contributed by atoms with Gasteiger partial charge >= 0.3 is 6.03 Å². The third kappa shape index (κ3) is 5.38. The van der Waals surface area contributed by atoms with Crippen LogP contribution in [0.1, 0.15) is 13.8 Å². The molecule has 9 heteroatoms. The van der Waals surface area contributed by atoms with E-state index in [0.717, 1.165) is 37.1 Å². The predicted octanol–water partition coefficient (Wildman–Crippen LogP) is 3.27. The number of primary sulfonamides is 1. The topological polar surface area (TPSA) is 109 Å². The second-order valence-corrected chi connectivity index (χ2v) is 8.52. The van der Waals surface area contributed by atoms with Crippen LogP contribution in [0.15, 0.2) is 59.6 Å². The van der Waals surface area contributed by atoms with Gasteiger partial charge in [-0.2, -0.15) is 0 Å². The molecule has 0 unspecified atom stereocenters. The molecule has 0 bridgehead atoms. The zero-order valence-corrected chi connectivity index (χ0v) is 17.9. The van der Waals surface area contributed by atoms with Crippen LogP contribution in [0.25, 0.3) is 10.9 Å². The summed E-state index contributed by atoms with van der Waals surface area (Å²) < 4.78 is 25.1. The Kier molecular flexibility index (Phi) is 6.76. The van der Waals surface area contributed by atoms with E-state index in [9.17, 15) is 13.2 Å². The van der Waals surface area contributed by atoms with Gasteiger partial charge in [-0.25, -0.2) is 18.4 Å². The zero-order chi connectivity index (χ0) is 21.7. The number of nitrogens with two attached hydrogens (primary N) is 1. The maximum atomic E-state index is 12.3. The highest BCUT2D eigenvalue weighted by atomic mass is 32.2. The van der Waals surface area contributed by atoms with Crippen molar-refractivity contribution < 1.29 is 13.2 Å². The standard InChI is InChI=1S/C21H27N5O3S/c1-3-25(4-2)12-13-26-11-10-16-14-18(8-9-20(16)26)24-21(27)23-17-6-5-7-19(15-17)30(22,28)29/h5-11,14-15H,3-4,12-13H2,1-2H3,(H2,22,28,29)(H2,23,24,27). The van der Waals surface area contributed by atoms with Crippen LogP contribution >= 0.6 is 0 Å². The number of carbonyl (C=O) groups is 1. The second kappa shape index (κ2) is 9.29. The zero-order valence-electron chi connectivity index (χ0n) is 17.1. The Hall–Kier alpha value is -2.88. The van der Waals surface area contributed by atoms with E-state index in [1.165, 1.54) is 18.2 Å². The number of hydrogen-bond donors (Lipinski definition) is 3. The number of hydrogen-bond acceptors (Lipinski definition) is 4. The summed E-state index contributed by atoms with van der Waals surface area (Å²) in [7, 11) is -3.83. The maximum Gasteiger partial charge on any atom is 0.323 e. The first-order valence-corrected chi connectivity index (χ1v) is 11.4. The van der Waals surface area contributed by atoms with Crippen molar-refractivity contribution in [1.29, 1.82) is 0 Å². The Balaban J connectivity index is 1.67. The Morgan fingerprint density at radius 1 is 1.03 bits per heavy atom. The number of likely N-dealkylation sites (N-methyl/N-ethyl adjacent to an activating group) is 1. The quantitative estimate of drug-likeness (QED) is 0.510. The van der Waals surface area contributed by atoms with E-state index in [-0.39, 0.29) is 4.90 Å². The van der Waals surface area contributed by atoms with Gasteiger partial charge in [0.25, 0.3) is 0 Å². The number of nitrogens with zero attached hydrogens (tertiary/aromatic N) is 2. The molecule has 2 amide bonds. The van der Waals surface area contributed by atoms with E-state index >= 15 is 0 Å². The van der Waals surface area contributed by atoms with Crippen LogP contribution in [0.2, 0.25) is 0 Å². The number of amides is 2. The lowest BCUT2D eigenvalue weighted by atomic mass is 10.2. The molecule has 0 aliphatic rings. The van der Waals surface area contributed by atoms with E-state index in [1.54, 1.807) is 6.07 Å². The monoisotopic (exact) mass is 429 g/mol. The highest BCUT2D eigenvalue weighted by molar-refractivity contribution is 7.89. The number of sulfonamides is 1. The molecule has 3 rings (SSSR count). The van der Waals surface area contributed by atoms with E-state index in [2.05, 4.69) is 40.1 Å². The van der Waals surface area contributed by atoms with Gasteiger partial charge in [0.15, 0.2) is 0 Å². The summed E-state index contributed by atoms with van der Waals surface area (Å²) in [5.74, 6) is 0. The van der Waals surface area contributed by atoms with E-state index in [0.29, 0.717) is 11.4 Å². The highest BCUT2D eigenvalue weighted by Crippen LogP contribution is 2.21. The van der Waals surface area contributed by atoms with Gasteiger partial charge in [0.2, 0.25) is 10.0 Å². The molecular formula is C21H27N5O3S. The van der Waals surface area contributed by atoms with Crippen LogP contribution in [-0.2, 0) is 16.6 Å². The summed E-state index contributed by atoms with van der Waals surface area (Å²) in [6.07, 6.45) is 2.05. The van der Waals surface area contributed by atoms with E-state index < -0.39 is 16.1 Å². The highest BCUT2D eigenvalue weighted by Gasteiger charge is 2.10. The summed E-state index contributed by atoms with van der Waals surface area (Å²) in [5.41, 5.74) is 2.08. The number of benzene rings is 2. The van der Waals surface area contributed by atoms with Gasteiger partial charge in [-0.3, -0.25) is 0 Å². The number of anilines is 2. The molecule has 1 aromatic heterocycles. The average molecular weight is 430 g/mol. The van der Waals surface area contributed by atoms with Crippen molar-refractivity contribution in [3.8, 4) is 0 Å². The second-order valence-electron chi connectivity index (χ2n) is 6.96. The molecule has 3 aromatic rings. The molecule has 0 spiro atoms. The fraction of sp³-hybridized carbons (Fsp3) is 0.286. The Morgan fingerprint density at radius 3 is 2.40 bits per heavy atom. The lowest BCUT2D eigenvalue weighted by molar-refractivity contribution is 0.262. The summed E-state index contributed by atoms with van der Waals surface area (Å²) in [4.78, 5) is 14.6. The molecule has 0 fully saturated rings. The number of aromatic nitrogens is 1. The number of fused-ring (bicyclic) bond motifs is 1. The van der Waals surface area contributed by atoms with E-state index in [4.69, 9.17) is 5.14 Å². The molecule has 0 saturated carbocycles. The van der Waals surface area contributed by atoms with Gasteiger partial charge < -0.3 is 20.1 Å². The van der Waals surface area contributed by atoms with Crippen molar-refractivity contribution in [2.75, 3.05) is 30.3 Å². The van der Waals surface area contributed by atoms with Gasteiger partial charge in [-0.1, -0.05) is 19.9 Å². The van der Waals surface area contributed by atoms with Crippen LogP contribution in [0, 0.1) is 0 Å². The van der Waals surface area contributed by atoms with Crippen LogP contribution in [-0.4, -0.2) is 43.6 Å². The summed E-state index contributed by atoms with van der Waals surface area (Å²) in [5, 5.41) is 11.6. The summed E-state index contributed by atoms with van der Waals surface area (Å²) >= 11 is 0. The van der Waals surface area contributed by atoms with Crippen LogP contribution < -0.4 is 15.8 Å². The molecule has 30 heavy (non-hydrogen) atoms. The minimum Gasteiger partial charge on any atom is -0.346 e. The third-order valence-electron chi connectivity index (χ3n) is 5.00. The summed E-state index contributed by atoms with van der Waals surface area (Å²) in [6.45, 7) is 8.25. The van der Waals surface area contributed by atoms with Crippen molar-refractivity contribution in [2.45, 2.75) is 25.3 Å². The van der Waals surface area contributed by atoms with Gasteiger partial charge in [-0.05, 0) is 55.6 Å². The lowest BCUT2D eigenvalue weighted by Gasteiger charge is -2.18. The normalized spacial score (nSPS) is 11.7. The molecule has 0 atom stereocenters. The minimum absolute atomic E-state index is 0.0622. The van der Waals surface area contributed by atoms with Crippen LogP contribution in [0.4, 0.5) is 16.2 Å². The predicted molar refractivity (Wildman–Crippen MR) is 120 cm³/mol. The summed E-state index contributed by atoms with van der Waals surface area (Å²) in [6, 6.07) is 13.1. The molecule has 0 radical (unpaired) electrons. The number of carbonyl (C=O) groups excluding carboxylic acids is 1. The van der Waals surface area contributed by atoms with Gasteiger partial charge in [0.05, 0.1) is 4.90 Å². The first-order chi connectivity index (χ1) is 14.3. The third-order valence-corrected chi connectivity index (χ3v) is 5.91. The van der Waals surface area contributed by atoms with Crippen LogP contribution in [0.3, 0.4) is 0 Å². The fourth-order valence-corrected chi connectivity index (χ4v) is 3.87. The molecule has 2 aromatic carbocycles. The van der Waals surface area contributed by atoms with Crippen molar-refractivity contribution in [3.05, 3.63) is 54.7 Å². The number of rotatable bonds is 8. The molecule has 8 nitrogen and oxygen atoms in total. The minimum atomic E-state index is -3.83. The first-order valence-electron chi connectivity index (χ1n) is 9.82. The van der Waals surface area contributed by atoms with Gasteiger partial charge in [0, 0.05) is 41.6 Å². The van der Waals surface area contributed by atoms with Crippen molar-refractivity contribution in [3.63, 3.8) is 0 Å². The molecular weight excluding hydrogens is 402 g/mol. The number of urea groups is 1. The molecule has 0 aliphatic heterocycles. The molecule has 1 heterocycles. The smallest absolute Gasteiger partial charge is 0.323 e. The molecule has 0 aliphatic carbocycles. The van der Waals surface area contributed by atoms with Crippen molar-refractivity contribution >= 4 is 38.3 Å². The SMILES string of the molecule is CCN(CC)CCn1ccc2cc(NC(=O)Nc3cccc(S(N)(=O)=O)c3)ccc21. The molecule has 4 N–H and O–H groups in total. The Bertz CT molecular complexity index is 1140. The molecule has 0 saturated heterocycles. The Morgan fingerprint density at radius 2 is 1.73 bits per heavy atom. The first kappa shape index (κ1) is 21.8. The Labute approximate surface area is 176 Å². The van der Waals surface area contributed by atoms with E-state index in [1.807, 2.05) is 24.3 Å². The maximum absolute atomic E-state index is 12.3. The lowest BCUT2D eigenvalue weighted by Crippen LogP contribution is -2.26. The number of nitrogens with one attached hydrogen (secondary N) is 2. The van der Waals surface area contributed by atoms with Crippen molar-refractivity contribution in [2.24, 2.45) is 5.14 Å². The van der Waals surface area contributed by atoms with Crippen LogP contribution in [0.5, 0.6) is 0 Å². The van der Waals surface area contributed by atoms with Gasteiger partial charge in [-0.15, -0.1) is 0 Å². The fourth-order valence-electron chi connectivity index (χ4n) is 3.31. The average Bonchev–Trinajstić information content (AvgIpc) is 3.10. The van der Waals surface area contributed by atoms with Crippen molar-refractivity contribution in [1.82, 2.24) is 9.47 Å².